The molecule has 0 aliphatic carbocycles. The number of carbonyl (C=O) groups is 2. The molecule has 4 nitrogen and oxygen atoms in total. The Kier molecular flexibility index (Phi) is 3.47. The molecule has 1 amide bonds. The topological polar surface area (TPSA) is 66.4 Å². The maximum atomic E-state index is 10.9. The fraction of sp³-hybridized carbons (Fsp3) is 0.200. The van der Waals surface area contributed by atoms with Crippen molar-refractivity contribution in [3.05, 3.63) is 27.7 Å². The fourth-order valence-electron chi connectivity index (χ4n) is 1.15. The van der Waals surface area contributed by atoms with E-state index < -0.39 is 5.97 Å². The number of amides is 1. The standard InChI is InChI=1S/C10H10BrNO3/c1-5-3-7(10(14)15)9(4-8(5)11)12-6(2)13/h3-4H,1-2H3,(H,12,13)(H,14,15). The molecule has 1 aromatic carbocycles. The summed E-state index contributed by atoms with van der Waals surface area (Å²) in [4.78, 5) is 21.8. The van der Waals surface area contributed by atoms with Gasteiger partial charge in [-0.2, -0.15) is 0 Å². The zero-order chi connectivity index (χ0) is 11.6. The highest BCUT2D eigenvalue weighted by molar-refractivity contribution is 9.10. The average Bonchev–Trinajstić information content (AvgIpc) is 2.09. The first kappa shape index (κ1) is 11.7. The normalized spacial score (nSPS) is 9.80. The lowest BCUT2D eigenvalue weighted by atomic mass is 10.1. The lowest BCUT2D eigenvalue weighted by Gasteiger charge is -2.09. The molecule has 0 radical (unpaired) electrons. The molecule has 0 fully saturated rings. The van der Waals surface area contributed by atoms with Gasteiger partial charge in [-0.05, 0) is 24.6 Å². The quantitative estimate of drug-likeness (QED) is 0.868. The first-order chi connectivity index (χ1) is 6.91. The van der Waals surface area contributed by atoms with Gasteiger partial charge < -0.3 is 10.4 Å². The highest BCUT2D eigenvalue weighted by Gasteiger charge is 2.13. The number of aromatic carboxylic acids is 1. The van der Waals surface area contributed by atoms with Crippen molar-refractivity contribution in [1.29, 1.82) is 0 Å². The minimum absolute atomic E-state index is 0.0888. The van der Waals surface area contributed by atoms with Crippen LogP contribution in [0, 0.1) is 6.92 Å². The number of anilines is 1. The van der Waals surface area contributed by atoms with Crippen LogP contribution in [0.15, 0.2) is 16.6 Å². The van der Waals surface area contributed by atoms with Gasteiger partial charge in [-0.3, -0.25) is 4.79 Å². The highest BCUT2D eigenvalue weighted by Crippen LogP contribution is 2.25. The molecule has 0 heterocycles. The van der Waals surface area contributed by atoms with E-state index >= 15 is 0 Å². The van der Waals surface area contributed by atoms with Crippen molar-refractivity contribution in [3.63, 3.8) is 0 Å². The second kappa shape index (κ2) is 4.44. The van der Waals surface area contributed by atoms with E-state index in [0.717, 1.165) is 10.0 Å². The molecule has 2 N–H and O–H groups in total. The van der Waals surface area contributed by atoms with Gasteiger partial charge in [0.15, 0.2) is 0 Å². The van der Waals surface area contributed by atoms with E-state index in [-0.39, 0.29) is 11.5 Å². The Balaban J connectivity index is 3.28. The van der Waals surface area contributed by atoms with Gasteiger partial charge in [0.2, 0.25) is 5.91 Å². The lowest BCUT2D eigenvalue weighted by molar-refractivity contribution is -0.114. The number of carboxylic acids is 1. The Morgan fingerprint density at radius 1 is 1.40 bits per heavy atom. The molecular formula is C10H10BrNO3. The predicted octanol–water partition coefficient (Wildman–Crippen LogP) is 2.41. The van der Waals surface area contributed by atoms with E-state index in [1.807, 2.05) is 0 Å². The van der Waals surface area contributed by atoms with Crippen molar-refractivity contribution in [1.82, 2.24) is 0 Å². The van der Waals surface area contributed by atoms with Gasteiger partial charge in [-0.25, -0.2) is 4.79 Å². The number of halogens is 1. The van der Waals surface area contributed by atoms with E-state index in [2.05, 4.69) is 21.2 Å². The van der Waals surface area contributed by atoms with Crippen LogP contribution in [0.3, 0.4) is 0 Å². The summed E-state index contributed by atoms with van der Waals surface area (Å²) in [6.07, 6.45) is 0. The van der Waals surface area contributed by atoms with Gasteiger partial charge in [0.25, 0.3) is 0 Å². The summed E-state index contributed by atoms with van der Waals surface area (Å²) >= 11 is 3.28. The van der Waals surface area contributed by atoms with Gasteiger partial charge in [-0.15, -0.1) is 0 Å². The first-order valence-corrected chi connectivity index (χ1v) is 5.02. The molecular weight excluding hydrogens is 262 g/mol. The minimum atomic E-state index is -1.06. The molecule has 0 bridgehead atoms. The molecule has 0 saturated carbocycles. The molecule has 0 unspecified atom stereocenters. The summed E-state index contributed by atoms with van der Waals surface area (Å²) in [5.74, 6) is -1.36. The van der Waals surface area contributed by atoms with Crippen molar-refractivity contribution in [2.24, 2.45) is 0 Å². The number of carbonyl (C=O) groups excluding carboxylic acids is 1. The SMILES string of the molecule is CC(=O)Nc1cc(Br)c(C)cc1C(=O)O. The van der Waals surface area contributed by atoms with E-state index in [1.165, 1.54) is 13.0 Å². The third-order valence-corrected chi connectivity index (χ3v) is 2.69. The summed E-state index contributed by atoms with van der Waals surface area (Å²) in [6, 6.07) is 3.10. The highest BCUT2D eigenvalue weighted by atomic mass is 79.9. The number of carboxylic acid groups (broad SMARTS) is 1. The van der Waals surface area contributed by atoms with Crippen LogP contribution in [0.1, 0.15) is 22.8 Å². The average molecular weight is 272 g/mol. The van der Waals surface area contributed by atoms with Gasteiger partial charge >= 0.3 is 5.97 Å². The molecule has 1 aromatic rings. The van der Waals surface area contributed by atoms with Crippen molar-refractivity contribution < 1.29 is 14.7 Å². The van der Waals surface area contributed by atoms with Crippen LogP contribution in [0.25, 0.3) is 0 Å². The van der Waals surface area contributed by atoms with Crippen molar-refractivity contribution in [2.45, 2.75) is 13.8 Å². The van der Waals surface area contributed by atoms with Crippen LogP contribution in [-0.4, -0.2) is 17.0 Å². The molecule has 0 atom stereocenters. The summed E-state index contributed by atoms with van der Waals surface area (Å²) in [5, 5.41) is 11.4. The number of rotatable bonds is 2. The second-order valence-electron chi connectivity index (χ2n) is 3.13. The van der Waals surface area contributed by atoms with Gasteiger partial charge in [-0.1, -0.05) is 15.9 Å². The van der Waals surface area contributed by atoms with Crippen molar-refractivity contribution in [3.8, 4) is 0 Å². The molecule has 0 aliphatic heterocycles. The Hall–Kier alpha value is -1.36. The smallest absolute Gasteiger partial charge is 0.337 e. The summed E-state index contributed by atoms with van der Waals surface area (Å²) in [7, 11) is 0. The van der Waals surface area contributed by atoms with E-state index in [1.54, 1.807) is 13.0 Å². The zero-order valence-corrected chi connectivity index (χ0v) is 9.88. The Morgan fingerprint density at radius 3 is 2.47 bits per heavy atom. The van der Waals surface area contributed by atoms with Gasteiger partial charge in [0.05, 0.1) is 11.3 Å². The summed E-state index contributed by atoms with van der Waals surface area (Å²) in [5.41, 5.74) is 1.19. The van der Waals surface area contributed by atoms with Crippen LogP contribution >= 0.6 is 15.9 Å². The maximum Gasteiger partial charge on any atom is 0.337 e. The Morgan fingerprint density at radius 2 is 2.00 bits per heavy atom. The van der Waals surface area contributed by atoms with Crippen LogP contribution in [-0.2, 0) is 4.79 Å². The third-order valence-electron chi connectivity index (χ3n) is 1.84. The van der Waals surface area contributed by atoms with Gasteiger partial charge in [0.1, 0.15) is 0 Å². The number of benzene rings is 1. The zero-order valence-electron chi connectivity index (χ0n) is 8.30. The molecule has 0 aliphatic rings. The minimum Gasteiger partial charge on any atom is -0.478 e. The molecule has 0 spiro atoms. The molecule has 0 aromatic heterocycles. The summed E-state index contributed by atoms with van der Waals surface area (Å²) < 4.78 is 0.760. The molecule has 5 heteroatoms. The molecule has 1 rings (SSSR count). The number of nitrogens with one attached hydrogen (secondary N) is 1. The lowest BCUT2D eigenvalue weighted by Crippen LogP contribution is -2.11. The van der Waals surface area contributed by atoms with Crippen molar-refractivity contribution in [2.75, 3.05) is 5.32 Å². The van der Waals surface area contributed by atoms with Crippen LogP contribution in [0.2, 0.25) is 0 Å². The van der Waals surface area contributed by atoms with E-state index in [0.29, 0.717) is 5.69 Å². The fourth-order valence-corrected chi connectivity index (χ4v) is 1.49. The van der Waals surface area contributed by atoms with Crippen LogP contribution < -0.4 is 5.32 Å². The number of aryl methyl sites for hydroxylation is 1. The predicted molar refractivity (Wildman–Crippen MR) is 60.1 cm³/mol. The van der Waals surface area contributed by atoms with E-state index in [4.69, 9.17) is 5.11 Å². The second-order valence-corrected chi connectivity index (χ2v) is 3.99. The largest absolute Gasteiger partial charge is 0.478 e. The molecule has 0 saturated heterocycles. The van der Waals surface area contributed by atoms with Crippen LogP contribution in [0.5, 0.6) is 0 Å². The number of hydrogen-bond acceptors (Lipinski definition) is 2. The summed E-state index contributed by atoms with van der Waals surface area (Å²) in [6.45, 7) is 3.12. The Labute approximate surface area is 95.4 Å². The first-order valence-electron chi connectivity index (χ1n) is 4.23. The van der Waals surface area contributed by atoms with Crippen LogP contribution in [0.4, 0.5) is 5.69 Å². The maximum absolute atomic E-state index is 10.9. The third kappa shape index (κ3) is 2.79. The molecule has 15 heavy (non-hydrogen) atoms. The molecule has 80 valence electrons. The number of hydrogen-bond donors (Lipinski definition) is 2. The van der Waals surface area contributed by atoms with Gasteiger partial charge in [0, 0.05) is 11.4 Å². The Bertz CT molecular complexity index is 429. The van der Waals surface area contributed by atoms with E-state index in [9.17, 15) is 9.59 Å². The van der Waals surface area contributed by atoms with Crippen molar-refractivity contribution >= 4 is 33.5 Å². The monoisotopic (exact) mass is 271 g/mol.